The summed E-state index contributed by atoms with van der Waals surface area (Å²) in [6, 6.07) is 0. The fourth-order valence-electron chi connectivity index (χ4n) is 0.993. The van der Waals surface area contributed by atoms with Gasteiger partial charge in [0, 0.05) is 10.7 Å². The zero-order chi connectivity index (χ0) is 12.5. The van der Waals surface area contributed by atoms with Gasteiger partial charge in [-0.15, -0.1) is 0 Å². The molecule has 9 heteroatoms. The Morgan fingerprint density at radius 1 is 1.56 bits per heavy atom. The van der Waals surface area contributed by atoms with Gasteiger partial charge in [0.2, 0.25) is 0 Å². The maximum atomic E-state index is 12.5. The molecule has 1 aromatic rings. The van der Waals surface area contributed by atoms with E-state index in [9.17, 15) is 17.2 Å². The average molecular weight is 384 g/mol. The first-order valence-electron chi connectivity index (χ1n) is 3.74. The number of alkyl halides is 2. The smallest absolute Gasteiger partial charge is 0.281 e. The zero-order valence-electron chi connectivity index (χ0n) is 7.75. The van der Waals surface area contributed by atoms with E-state index in [4.69, 9.17) is 15.4 Å². The lowest BCUT2D eigenvalue weighted by Gasteiger charge is -2.10. The highest BCUT2D eigenvalue weighted by atomic mass is 127. The largest absolute Gasteiger partial charge is 0.494 e. The summed E-state index contributed by atoms with van der Waals surface area (Å²) >= 11 is 1.44. The molecule has 0 bridgehead atoms. The number of rotatable bonds is 3. The monoisotopic (exact) mass is 383 g/mol. The van der Waals surface area contributed by atoms with Gasteiger partial charge < -0.3 is 4.74 Å². The maximum absolute atomic E-state index is 12.5. The van der Waals surface area contributed by atoms with Crippen molar-refractivity contribution in [3.8, 4) is 5.75 Å². The Bertz CT molecular complexity index is 509. The Labute approximate surface area is 109 Å². The highest BCUT2D eigenvalue weighted by Gasteiger charge is 2.27. The van der Waals surface area contributed by atoms with Gasteiger partial charge in [0.05, 0.1) is 16.9 Å². The Kier molecular flexibility index (Phi) is 4.29. The van der Waals surface area contributed by atoms with Gasteiger partial charge in [-0.3, -0.25) is 4.98 Å². The fraction of sp³-hybridized carbons (Fsp3) is 0.286. The van der Waals surface area contributed by atoms with Crippen LogP contribution in [0.1, 0.15) is 12.1 Å². The number of hydrogen-bond acceptors (Lipinski definition) is 4. The number of ether oxygens (including phenoxy) is 1. The first kappa shape index (κ1) is 13.8. The number of nitrogens with zero attached hydrogens (tertiary/aromatic N) is 1. The number of halogens is 4. The van der Waals surface area contributed by atoms with Crippen LogP contribution >= 0.6 is 33.3 Å². The molecule has 90 valence electrons. The normalized spacial score (nSPS) is 11.9. The van der Waals surface area contributed by atoms with Crippen LogP contribution in [0.3, 0.4) is 0 Å². The molecule has 16 heavy (non-hydrogen) atoms. The predicted molar refractivity (Wildman–Crippen MR) is 61.5 cm³/mol. The zero-order valence-corrected chi connectivity index (χ0v) is 11.5. The van der Waals surface area contributed by atoms with E-state index in [0.717, 1.165) is 6.20 Å². The van der Waals surface area contributed by atoms with Crippen LogP contribution < -0.4 is 4.74 Å². The summed E-state index contributed by atoms with van der Waals surface area (Å²) in [4.78, 5) is 2.93. The number of pyridine rings is 1. The van der Waals surface area contributed by atoms with E-state index in [2.05, 4.69) is 4.98 Å². The summed E-state index contributed by atoms with van der Waals surface area (Å²) in [5.41, 5.74) is -0.638. The highest BCUT2D eigenvalue weighted by molar-refractivity contribution is 14.1. The van der Waals surface area contributed by atoms with Crippen molar-refractivity contribution in [1.29, 1.82) is 0 Å². The SMILES string of the molecule is COc1cnc(C(F)F)c(I)c1S(=O)(=O)Cl. The molecule has 0 aliphatic rings. The van der Waals surface area contributed by atoms with Crippen LogP contribution in [0.5, 0.6) is 5.75 Å². The second-order valence-electron chi connectivity index (χ2n) is 2.59. The van der Waals surface area contributed by atoms with Crippen molar-refractivity contribution in [2.75, 3.05) is 7.11 Å². The summed E-state index contributed by atoms with van der Waals surface area (Å²) < 4.78 is 51.9. The molecule has 0 amide bonds. The van der Waals surface area contributed by atoms with Crippen molar-refractivity contribution in [3.05, 3.63) is 15.5 Å². The van der Waals surface area contributed by atoms with Crippen LogP contribution in [0.4, 0.5) is 8.78 Å². The third-order valence-electron chi connectivity index (χ3n) is 1.64. The molecule has 0 spiro atoms. The van der Waals surface area contributed by atoms with E-state index < -0.39 is 26.1 Å². The summed E-state index contributed by atoms with van der Waals surface area (Å²) in [6.45, 7) is 0. The molecule has 0 atom stereocenters. The molecule has 0 fully saturated rings. The van der Waals surface area contributed by atoms with Gasteiger partial charge >= 0.3 is 0 Å². The molecule has 1 rings (SSSR count). The van der Waals surface area contributed by atoms with E-state index in [0.29, 0.717) is 0 Å². The number of aromatic nitrogens is 1. The van der Waals surface area contributed by atoms with E-state index >= 15 is 0 Å². The third kappa shape index (κ3) is 2.72. The lowest BCUT2D eigenvalue weighted by Crippen LogP contribution is -2.05. The maximum Gasteiger partial charge on any atom is 0.281 e. The predicted octanol–water partition coefficient (Wildman–Crippen LogP) is 2.56. The molecular formula is C7H5ClF2INO3S. The minimum absolute atomic E-state index is 0.163. The molecule has 0 saturated carbocycles. The second kappa shape index (κ2) is 4.96. The first-order chi connectivity index (χ1) is 7.29. The quantitative estimate of drug-likeness (QED) is 0.595. The Hall–Kier alpha value is -0.220. The molecule has 1 heterocycles. The number of methoxy groups -OCH3 is 1. The van der Waals surface area contributed by atoms with Crippen molar-refractivity contribution >= 4 is 42.3 Å². The van der Waals surface area contributed by atoms with Crippen molar-refractivity contribution in [2.24, 2.45) is 0 Å². The van der Waals surface area contributed by atoms with E-state index in [1.54, 1.807) is 0 Å². The average Bonchev–Trinajstić information content (AvgIpc) is 2.14. The van der Waals surface area contributed by atoms with E-state index in [1.807, 2.05) is 0 Å². The number of hydrogen-bond donors (Lipinski definition) is 0. The molecule has 0 radical (unpaired) electrons. The third-order valence-corrected chi connectivity index (χ3v) is 4.45. The second-order valence-corrected chi connectivity index (χ2v) is 6.17. The lowest BCUT2D eigenvalue weighted by molar-refractivity contribution is 0.144. The first-order valence-corrected chi connectivity index (χ1v) is 7.13. The summed E-state index contributed by atoms with van der Waals surface area (Å²) in [5, 5.41) is 0. The van der Waals surface area contributed by atoms with Crippen LogP contribution in [0.15, 0.2) is 11.1 Å². The van der Waals surface area contributed by atoms with Crippen LogP contribution in [-0.2, 0) is 9.05 Å². The van der Waals surface area contributed by atoms with Crippen molar-refractivity contribution < 1.29 is 21.9 Å². The molecule has 0 unspecified atom stereocenters. The van der Waals surface area contributed by atoms with Gasteiger partial charge in [-0.05, 0) is 22.6 Å². The summed E-state index contributed by atoms with van der Waals surface area (Å²) in [6.07, 6.45) is -1.98. The van der Waals surface area contributed by atoms with Gasteiger partial charge in [-0.1, -0.05) is 0 Å². The molecule has 4 nitrogen and oxygen atoms in total. The Morgan fingerprint density at radius 2 is 2.12 bits per heavy atom. The Balaban J connectivity index is 3.60. The standard InChI is InChI=1S/C7H5ClF2INO3S/c1-15-3-2-12-5(7(9)10)4(11)6(3)16(8,13)14/h2,7H,1H3. The minimum atomic E-state index is -4.17. The van der Waals surface area contributed by atoms with Crippen LogP contribution in [0, 0.1) is 3.57 Å². The lowest BCUT2D eigenvalue weighted by atomic mass is 10.3. The highest BCUT2D eigenvalue weighted by Crippen LogP contribution is 2.35. The summed E-state index contributed by atoms with van der Waals surface area (Å²) in [7, 11) is 2.17. The van der Waals surface area contributed by atoms with E-state index in [1.165, 1.54) is 29.7 Å². The van der Waals surface area contributed by atoms with Gasteiger partial charge in [-0.25, -0.2) is 17.2 Å². The van der Waals surface area contributed by atoms with Crippen LogP contribution in [-0.4, -0.2) is 20.5 Å². The van der Waals surface area contributed by atoms with Crippen molar-refractivity contribution in [1.82, 2.24) is 4.98 Å². The molecule has 0 aliphatic carbocycles. The van der Waals surface area contributed by atoms with Crippen LogP contribution in [0.2, 0.25) is 0 Å². The molecular weight excluding hydrogens is 379 g/mol. The van der Waals surface area contributed by atoms with Gasteiger partial charge in [0.25, 0.3) is 15.5 Å². The van der Waals surface area contributed by atoms with Crippen molar-refractivity contribution in [3.63, 3.8) is 0 Å². The van der Waals surface area contributed by atoms with Gasteiger partial charge in [0.15, 0.2) is 5.75 Å². The summed E-state index contributed by atoms with van der Waals surface area (Å²) in [5.74, 6) is -0.163. The molecule has 0 aromatic carbocycles. The van der Waals surface area contributed by atoms with Gasteiger partial charge in [-0.2, -0.15) is 0 Å². The molecule has 0 N–H and O–H groups in total. The Morgan fingerprint density at radius 3 is 2.50 bits per heavy atom. The molecule has 0 aliphatic heterocycles. The van der Waals surface area contributed by atoms with Gasteiger partial charge in [0.1, 0.15) is 10.6 Å². The fourth-order valence-corrected chi connectivity index (χ4v) is 4.05. The molecule has 1 aromatic heterocycles. The topological polar surface area (TPSA) is 56.3 Å². The molecule has 0 saturated heterocycles. The van der Waals surface area contributed by atoms with E-state index in [-0.39, 0.29) is 9.32 Å². The minimum Gasteiger partial charge on any atom is -0.494 e. The van der Waals surface area contributed by atoms with Crippen molar-refractivity contribution in [2.45, 2.75) is 11.3 Å². The van der Waals surface area contributed by atoms with Crippen LogP contribution in [0.25, 0.3) is 0 Å².